The largest absolute Gasteiger partial charge is 0.390 e. The fourth-order valence-electron chi connectivity index (χ4n) is 2.86. The molecule has 5 heteroatoms. The van der Waals surface area contributed by atoms with Gasteiger partial charge in [-0.25, -0.2) is 0 Å². The van der Waals surface area contributed by atoms with E-state index in [4.69, 9.17) is 0 Å². The standard InChI is InChI=1S/C15H26F3NO/c1-14(2,3)12-5-6-13(20)11(9-12)10-19(4)8-7-15(16,17)18/h11-12H,5-10H2,1-4H3. The number of halogens is 3. The minimum Gasteiger partial charge on any atom is -0.305 e. The number of carbonyl (C=O) groups excluding carboxylic acids is 1. The summed E-state index contributed by atoms with van der Waals surface area (Å²) in [4.78, 5) is 13.6. The molecule has 1 saturated carbocycles. The Bertz CT molecular complexity index is 333. The van der Waals surface area contributed by atoms with Crippen LogP contribution in [0.3, 0.4) is 0 Å². The van der Waals surface area contributed by atoms with E-state index in [-0.39, 0.29) is 23.7 Å². The van der Waals surface area contributed by atoms with Crippen molar-refractivity contribution in [1.29, 1.82) is 0 Å². The first kappa shape index (κ1) is 17.5. The molecule has 1 aliphatic rings. The van der Waals surface area contributed by atoms with E-state index < -0.39 is 12.6 Å². The van der Waals surface area contributed by atoms with Crippen molar-refractivity contribution < 1.29 is 18.0 Å². The summed E-state index contributed by atoms with van der Waals surface area (Å²) in [5.74, 6) is 0.580. The average molecular weight is 293 g/mol. The van der Waals surface area contributed by atoms with E-state index in [2.05, 4.69) is 20.8 Å². The maximum Gasteiger partial charge on any atom is 0.390 e. The number of ketones is 1. The SMILES string of the molecule is CN(CCC(F)(F)F)CC1CC(C(C)(C)C)CCC1=O. The zero-order valence-electron chi connectivity index (χ0n) is 12.9. The Labute approximate surface area is 119 Å². The minimum atomic E-state index is -4.13. The minimum absolute atomic E-state index is 0.0343. The Morgan fingerprint density at radius 1 is 1.25 bits per heavy atom. The molecule has 0 bridgehead atoms. The molecule has 20 heavy (non-hydrogen) atoms. The molecule has 0 aromatic carbocycles. The van der Waals surface area contributed by atoms with Gasteiger partial charge in [0.25, 0.3) is 0 Å². The quantitative estimate of drug-likeness (QED) is 0.783. The summed E-state index contributed by atoms with van der Waals surface area (Å²) in [5, 5.41) is 0. The highest BCUT2D eigenvalue weighted by Crippen LogP contribution is 2.39. The molecule has 0 heterocycles. The molecule has 2 atom stereocenters. The molecule has 118 valence electrons. The third-order valence-electron chi connectivity index (χ3n) is 4.30. The molecule has 0 radical (unpaired) electrons. The average Bonchev–Trinajstić information content (AvgIpc) is 2.27. The lowest BCUT2D eigenvalue weighted by Gasteiger charge is -2.38. The van der Waals surface area contributed by atoms with Gasteiger partial charge in [-0.2, -0.15) is 13.2 Å². The first-order chi connectivity index (χ1) is 8.99. The van der Waals surface area contributed by atoms with Crippen LogP contribution in [0, 0.1) is 17.3 Å². The second-order valence-corrected chi connectivity index (χ2v) is 7.13. The van der Waals surface area contributed by atoms with Crippen molar-refractivity contribution in [3.63, 3.8) is 0 Å². The Kier molecular flexibility index (Phi) is 5.64. The van der Waals surface area contributed by atoms with Crippen LogP contribution in [-0.4, -0.2) is 37.0 Å². The number of alkyl halides is 3. The van der Waals surface area contributed by atoms with Gasteiger partial charge in [-0.1, -0.05) is 20.8 Å². The molecule has 0 amide bonds. The number of hydrogen-bond acceptors (Lipinski definition) is 2. The van der Waals surface area contributed by atoms with Crippen molar-refractivity contribution in [3.05, 3.63) is 0 Å². The van der Waals surface area contributed by atoms with Gasteiger partial charge in [-0.05, 0) is 31.2 Å². The highest BCUT2D eigenvalue weighted by Gasteiger charge is 2.35. The summed E-state index contributed by atoms with van der Waals surface area (Å²) in [6.45, 7) is 6.91. The molecule has 1 fully saturated rings. The molecule has 0 aromatic heterocycles. The van der Waals surface area contributed by atoms with Crippen LogP contribution in [0.4, 0.5) is 13.2 Å². The summed E-state index contributed by atoms with van der Waals surface area (Å²) < 4.78 is 36.6. The molecule has 0 spiro atoms. The van der Waals surface area contributed by atoms with Gasteiger partial charge >= 0.3 is 6.18 Å². The van der Waals surface area contributed by atoms with Gasteiger partial charge < -0.3 is 4.90 Å². The number of nitrogens with zero attached hydrogens (tertiary/aromatic N) is 1. The monoisotopic (exact) mass is 293 g/mol. The first-order valence-electron chi connectivity index (χ1n) is 7.27. The van der Waals surface area contributed by atoms with Crippen molar-refractivity contribution in [1.82, 2.24) is 4.90 Å². The van der Waals surface area contributed by atoms with Crippen molar-refractivity contribution in [2.24, 2.45) is 17.3 Å². The molecule has 0 aromatic rings. The predicted molar refractivity (Wildman–Crippen MR) is 73.5 cm³/mol. The van der Waals surface area contributed by atoms with E-state index in [9.17, 15) is 18.0 Å². The highest BCUT2D eigenvalue weighted by molar-refractivity contribution is 5.82. The summed E-state index contributed by atoms with van der Waals surface area (Å²) in [6, 6.07) is 0. The molecule has 0 aliphatic heterocycles. The van der Waals surface area contributed by atoms with E-state index in [0.29, 0.717) is 18.9 Å². The van der Waals surface area contributed by atoms with Gasteiger partial charge in [0, 0.05) is 25.4 Å². The number of hydrogen-bond donors (Lipinski definition) is 0. The maximum absolute atomic E-state index is 12.2. The number of carbonyl (C=O) groups is 1. The van der Waals surface area contributed by atoms with Crippen molar-refractivity contribution in [2.45, 2.75) is 52.6 Å². The van der Waals surface area contributed by atoms with Crippen LogP contribution in [-0.2, 0) is 4.79 Å². The summed E-state index contributed by atoms with van der Waals surface area (Å²) in [5.41, 5.74) is 0.156. The molecule has 2 unspecified atom stereocenters. The molecule has 0 saturated heterocycles. The zero-order chi connectivity index (χ0) is 15.6. The van der Waals surface area contributed by atoms with E-state index in [1.165, 1.54) is 0 Å². The third-order valence-corrected chi connectivity index (χ3v) is 4.30. The predicted octanol–water partition coefficient (Wildman–Crippen LogP) is 3.90. The van der Waals surface area contributed by atoms with Crippen LogP contribution >= 0.6 is 0 Å². The maximum atomic E-state index is 12.2. The van der Waals surface area contributed by atoms with Crippen LogP contribution in [0.15, 0.2) is 0 Å². The van der Waals surface area contributed by atoms with Gasteiger partial charge in [0.05, 0.1) is 6.42 Å². The highest BCUT2D eigenvalue weighted by atomic mass is 19.4. The Balaban J connectivity index is 2.50. The normalized spacial score (nSPS) is 25.3. The van der Waals surface area contributed by atoms with Gasteiger partial charge in [0.15, 0.2) is 0 Å². The molecule has 2 nitrogen and oxygen atoms in total. The Morgan fingerprint density at radius 3 is 2.35 bits per heavy atom. The zero-order valence-corrected chi connectivity index (χ0v) is 12.9. The van der Waals surface area contributed by atoms with Crippen molar-refractivity contribution in [2.75, 3.05) is 20.1 Å². The van der Waals surface area contributed by atoms with E-state index in [1.54, 1.807) is 11.9 Å². The fraction of sp³-hybridized carbons (Fsp3) is 0.933. The lowest BCUT2D eigenvalue weighted by molar-refractivity contribution is -0.138. The Morgan fingerprint density at radius 2 is 1.85 bits per heavy atom. The van der Waals surface area contributed by atoms with E-state index in [0.717, 1.165) is 12.8 Å². The van der Waals surface area contributed by atoms with Gasteiger partial charge in [0.2, 0.25) is 0 Å². The first-order valence-corrected chi connectivity index (χ1v) is 7.27. The van der Waals surface area contributed by atoms with Crippen LogP contribution in [0.2, 0.25) is 0 Å². The molecule has 1 rings (SSSR count). The second-order valence-electron chi connectivity index (χ2n) is 7.13. The van der Waals surface area contributed by atoms with Gasteiger partial charge in [-0.3, -0.25) is 4.79 Å². The lowest BCUT2D eigenvalue weighted by atomic mass is 9.68. The summed E-state index contributed by atoms with van der Waals surface area (Å²) in [7, 11) is 1.67. The smallest absolute Gasteiger partial charge is 0.305 e. The summed E-state index contributed by atoms with van der Waals surface area (Å²) >= 11 is 0. The molecular formula is C15H26F3NO. The Hall–Kier alpha value is -0.580. The van der Waals surface area contributed by atoms with Crippen LogP contribution < -0.4 is 0 Å². The summed E-state index contributed by atoms with van der Waals surface area (Å²) in [6.07, 6.45) is -2.66. The molecular weight excluding hydrogens is 267 g/mol. The van der Waals surface area contributed by atoms with Crippen LogP contribution in [0.25, 0.3) is 0 Å². The van der Waals surface area contributed by atoms with E-state index >= 15 is 0 Å². The fourth-order valence-corrected chi connectivity index (χ4v) is 2.86. The second kappa shape index (κ2) is 6.46. The topological polar surface area (TPSA) is 20.3 Å². The van der Waals surface area contributed by atoms with Crippen molar-refractivity contribution >= 4 is 5.78 Å². The van der Waals surface area contributed by atoms with Gasteiger partial charge in [-0.15, -0.1) is 0 Å². The van der Waals surface area contributed by atoms with Crippen molar-refractivity contribution in [3.8, 4) is 0 Å². The van der Waals surface area contributed by atoms with Crippen LogP contribution in [0.5, 0.6) is 0 Å². The van der Waals surface area contributed by atoms with Crippen LogP contribution in [0.1, 0.15) is 46.5 Å². The third kappa shape index (κ3) is 5.81. The molecule has 1 aliphatic carbocycles. The molecule has 0 N–H and O–H groups in total. The number of Topliss-reactive ketones (excluding diaryl/α,β-unsaturated/α-hetero) is 1. The lowest BCUT2D eigenvalue weighted by Crippen LogP contribution is -2.38. The van der Waals surface area contributed by atoms with Gasteiger partial charge in [0.1, 0.15) is 5.78 Å². The van der Waals surface area contributed by atoms with E-state index in [1.807, 2.05) is 0 Å². The number of rotatable bonds is 4.